The molecule has 1 N–H and O–H groups in total. The number of rotatable bonds is 11. The normalized spacial score (nSPS) is 10.7. The summed E-state index contributed by atoms with van der Waals surface area (Å²) in [6, 6.07) is 5.42. The zero-order valence-corrected chi connectivity index (χ0v) is 21.4. The Morgan fingerprint density at radius 3 is 2.82 bits per heavy atom. The Bertz CT molecular complexity index is 1190. The first-order valence-corrected chi connectivity index (χ1v) is 12.5. The summed E-state index contributed by atoms with van der Waals surface area (Å²) in [6.45, 7) is 10.0. The van der Waals surface area contributed by atoms with E-state index in [2.05, 4.69) is 27.1 Å². The van der Waals surface area contributed by atoms with Crippen molar-refractivity contribution in [1.29, 1.82) is 0 Å². The Morgan fingerprint density at radius 1 is 1.32 bits per heavy atom. The van der Waals surface area contributed by atoms with E-state index in [9.17, 15) is 9.59 Å². The molecule has 2 aromatic heterocycles. The second-order valence-corrected chi connectivity index (χ2v) is 9.34. The van der Waals surface area contributed by atoms with Gasteiger partial charge in [0.25, 0.3) is 0 Å². The van der Waals surface area contributed by atoms with Crippen molar-refractivity contribution in [2.24, 2.45) is 0 Å². The Kier molecular flexibility index (Phi) is 9.08. The number of ether oxygens (including phenoxy) is 2. The molecule has 0 aliphatic carbocycles. The van der Waals surface area contributed by atoms with Crippen molar-refractivity contribution in [3.8, 4) is 5.75 Å². The fourth-order valence-electron chi connectivity index (χ4n) is 2.82. The van der Waals surface area contributed by atoms with Crippen LogP contribution < -0.4 is 10.1 Å². The molecule has 0 spiro atoms. The lowest BCUT2D eigenvalue weighted by Gasteiger charge is -2.10. The van der Waals surface area contributed by atoms with Gasteiger partial charge in [-0.25, -0.2) is 9.78 Å². The summed E-state index contributed by atoms with van der Waals surface area (Å²) in [5, 5.41) is 12.7. The van der Waals surface area contributed by atoms with Gasteiger partial charge >= 0.3 is 5.97 Å². The third-order valence-corrected chi connectivity index (χ3v) is 6.88. The number of thiazole rings is 1. The van der Waals surface area contributed by atoms with Crippen molar-refractivity contribution < 1.29 is 19.1 Å². The van der Waals surface area contributed by atoms with Crippen molar-refractivity contribution in [2.75, 3.05) is 17.7 Å². The van der Waals surface area contributed by atoms with Gasteiger partial charge in [-0.2, -0.15) is 0 Å². The largest absolute Gasteiger partial charge is 0.486 e. The van der Waals surface area contributed by atoms with Crippen molar-refractivity contribution in [3.63, 3.8) is 0 Å². The Morgan fingerprint density at radius 2 is 2.12 bits per heavy atom. The van der Waals surface area contributed by atoms with Gasteiger partial charge in [-0.15, -0.1) is 16.8 Å². The molecule has 3 aromatic rings. The van der Waals surface area contributed by atoms with E-state index in [0.717, 1.165) is 16.9 Å². The van der Waals surface area contributed by atoms with Gasteiger partial charge in [0, 0.05) is 11.6 Å². The van der Waals surface area contributed by atoms with E-state index in [0.29, 0.717) is 44.0 Å². The van der Waals surface area contributed by atoms with Crippen LogP contribution in [-0.2, 0) is 22.7 Å². The summed E-state index contributed by atoms with van der Waals surface area (Å²) >= 11 is 8.37. The van der Waals surface area contributed by atoms with Crippen LogP contribution in [-0.4, -0.2) is 44.0 Å². The number of esters is 1. The van der Waals surface area contributed by atoms with Crippen LogP contribution in [0.3, 0.4) is 0 Å². The standard InChI is InChI=1S/C22H24ClN5O4S2/c1-5-9-28-17(11-32-15-7-8-16(23)13(3)10-15)26-27-22(28)33-12-18(29)25-21-24-14(4)19(34-21)20(30)31-6-2/h5,7-8,10H,1,6,9,11-12H2,2-4H3,(H,24,25,29). The summed E-state index contributed by atoms with van der Waals surface area (Å²) in [5.41, 5.74) is 1.43. The number of halogens is 1. The number of nitrogens with zero attached hydrogens (tertiary/aromatic N) is 4. The molecule has 0 radical (unpaired) electrons. The van der Waals surface area contributed by atoms with E-state index < -0.39 is 5.97 Å². The molecule has 0 atom stereocenters. The lowest BCUT2D eigenvalue weighted by molar-refractivity contribution is -0.113. The maximum absolute atomic E-state index is 12.5. The molecule has 180 valence electrons. The van der Waals surface area contributed by atoms with Crippen LogP contribution in [0.15, 0.2) is 36.0 Å². The lowest BCUT2D eigenvalue weighted by atomic mass is 10.2. The number of thioether (sulfide) groups is 1. The summed E-state index contributed by atoms with van der Waals surface area (Å²) in [5.74, 6) is 0.625. The average molecular weight is 522 g/mol. The molecule has 2 heterocycles. The molecular weight excluding hydrogens is 498 g/mol. The first-order valence-electron chi connectivity index (χ1n) is 10.3. The van der Waals surface area contributed by atoms with Gasteiger partial charge in [0.2, 0.25) is 5.91 Å². The molecule has 1 amide bonds. The highest BCUT2D eigenvalue weighted by Crippen LogP contribution is 2.25. The molecule has 0 unspecified atom stereocenters. The van der Waals surface area contributed by atoms with Gasteiger partial charge in [0.05, 0.1) is 18.1 Å². The van der Waals surface area contributed by atoms with Crippen molar-refractivity contribution in [1.82, 2.24) is 19.7 Å². The summed E-state index contributed by atoms with van der Waals surface area (Å²) in [6.07, 6.45) is 1.72. The topological polar surface area (TPSA) is 108 Å². The van der Waals surface area contributed by atoms with Crippen LogP contribution in [0.4, 0.5) is 5.13 Å². The monoisotopic (exact) mass is 521 g/mol. The lowest BCUT2D eigenvalue weighted by Crippen LogP contribution is -2.15. The smallest absolute Gasteiger partial charge is 0.350 e. The number of nitrogens with one attached hydrogen (secondary N) is 1. The predicted molar refractivity (Wildman–Crippen MR) is 133 cm³/mol. The fraction of sp³-hybridized carbons (Fsp3) is 0.318. The number of allylic oxidation sites excluding steroid dienone is 1. The molecule has 0 aliphatic heterocycles. The molecule has 1 aromatic carbocycles. The molecule has 0 fully saturated rings. The van der Waals surface area contributed by atoms with Gasteiger partial charge in [-0.3, -0.25) is 9.36 Å². The van der Waals surface area contributed by atoms with Crippen LogP contribution in [0, 0.1) is 13.8 Å². The van der Waals surface area contributed by atoms with Crippen LogP contribution in [0.1, 0.15) is 33.7 Å². The second kappa shape index (κ2) is 12.0. The molecule has 9 nitrogen and oxygen atoms in total. The SMILES string of the molecule is C=CCn1c(COc2ccc(Cl)c(C)c2)nnc1SCC(=O)Nc1nc(C)c(C(=O)OCC)s1. The Hall–Kier alpha value is -2.89. The molecule has 12 heteroatoms. The molecule has 0 saturated carbocycles. The van der Waals surface area contributed by atoms with Gasteiger partial charge in [-0.05, 0) is 44.5 Å². The van der Waals surface area contributed by atoms with Crippen LogP contribution in [0.2, 0.25) is 5.02 Å². The third kappa shape index (κ3) is 6.58. The van der Waals surface area contributed by atoms with E-state index in [-0.39, 0.29) is 24.9 Å². The predicted octanol–water partition coefficient (Wildman–Crippen LogP) is 4.68. The maximum Gasteiger partial charge on any atom is 0.350 e. The van der Waals surface area contributed by atoms with E-state index in [1.165, 1.54) is 11.8 Å². The number of aryl methyl sites for hydroxylation is 2. The highest BCUT2D eigenvalue weighted by Gasteiger charge is 2.19. The Labute approximate surface area is 210 Å². The Balaban J connectivity index is 1.61. The van der Waals surface area contributed by atoms with E-state index in [1.807, 2.05) is 17.6 Å². The average Bonchev–Trinajstić information content (AvgIpc) is 3.36. The van der Waals surface area contributed by atoms with E-state index >= 15 is 0 Å². The van der Waals surface area contributed by atoms with Gasteiger partial charge in [-0.1, -0.05) is 40.8 Å². The van der Waals surface area contributed by atoms with Gasteiger partial charge in [0.15, 0.2) is 16.1 Å². The summed E-state index contributed by atoms with van der Waals surface area (Å²) in [7, 11) is 0. The zero-order valence-electron chi connectivity index (χ0n) is 19.0. The number of benzene rings is 1. The highest BCUT2D eigenvalue weighted by molar-refractivity contribution is 7.99. The van der Waals surface area contributed by atoms with Crippen LogP contribution in [0.25, 0.3) is 0 Å². The maximum atomic E-state index is 12.5. The van der Waals surface area contributed by atoms with Gasteiger partial charge < -0.3 is 14.8 Å². The van der Waals surface area contributed by atoms with Crippen LogP contribution >= 0.6 is 34.7 Å². The number of carbonyl (C=O) groups is 2. The van der Waals surface area contributed by atoms with Crippen LogP contribution in [0.5, 0.6) is 5.75 Å². The first kappa shape index (κ1) is 25.7. The number of aromatic nitrogens is 4. The highest BCUT2D eigenvalue weighted by atomic mass is 35.5. The first-order chi connectivity index (χ1) is 16.3. The molecule has 3 rings (SSSR count). The molecular formula is C22H24ClN5O4S2. The van der Waals surface area contributed by atoms with E-state index in [4.69, 9.17) is 21.1 Å². The van der Waals surface area contributed by atoms with Crippen molar-refractivity contribution in [2.45, 2.75) is 39.1 Å². The molecule has 34 heavy (non-hydrogen) atoms. The molecule has 0 aliphatic rings. The number of amides is 1. The minimum atomic E-state index is -0.451. The molecule has 0 bridgehead atoms. The third-order valence-electron chi connectivity index (χ3n) is 4.44. The van der Waals surface area contributed by atoms with Crippen molar-refractivity contribution >= 4 is 51.7 Å². The summed E-state index contributed by atoms with van der Waals surface area (Å²) in [4.78, 5) is 29.0. The van der Waals surface area contributed by atoms with Crippen molar-refractivity contribution in [3.05, 3.63) is 57.8 Å². The minimum absolute atomic E-state index is 0.0832. The molecule has 0 saturated heterocycles. The number of hydrogen-bond donors (Lipinski definition) is 1. The number of anilines is 1. The summed E-state index contributed by atoms with van der Waals surface area (Å²) < 4.78 is 12.7. The quantitative estimate of drug-likeness (QED) is 0.220. The fourth-order valence-corrected chi connectivity index (χ4v) is 4.58. The van der Waals surface area contributed by atoms with Gasteiger partial charge in [0.1, 0.15) is 17.2 Å². The zero-order chi connectivity index (χ0) is 24.7. The minimum Gasteiger partial charge on any atom is -0.486 e. The number of hydrogen-bond acceptors (Lipinski definition) is 9. The number of carbonyl (C=O) groups excluding carboxylic acids is 2. The second-order valence-electron chi connectivity index (χ2n) is 6.99. The van der Waals surface area contributed by atoms with E-state index in [1.54, 1.807) is 32.1 Å².